The van der Waals surface area contributed by atoms with Crippen molar-refractivity contribution in [2.24, 2.45) is 0 Å². The van der Waals surface area contributed by atoms with E-state index in [4.69, 9.17) is 4.18 Å². The molecule has 0 aliphatic rings. The van der Waals surface area contributed by atoms with E-state index in [9.17, 15) is 8.42 Å². The highest BCUT2D eigenvalue weighted by Gasteiger charge is 2.14. The lowest BCUT2D eigenvalue weighted by molar-refractivity contribution is 0.306. The molecule has 136 valence electrons. The first-order chi connectivity index (χ1) is 11.6. The molecule has 4 heteroatoms. The van der Waals surface area contributed by atoms with Crippen LogP contribution in [0.25, 0.3) is 6.08 Å². The minimum absolute atomic E-state index is 0.208. The summed E-state index contributed by atoms with van der Waals surface area (Å²) in [6.45, 7) is 6.15. The Hall–Kier alpha value is -1.13. The van der Waals surface area contributed by atoms with Crippen molar-refractivity contribution in [3.8, 4) is 0 Å². The van der Waals surface area contributed by atoms with Crippen LogP contribution in [-0.2, 0) is 14.3 Å². The van der Waals surface area contributed by atoms with Gasteiger partial charge < -0.3 is 0 Å². The van der Waals surface area contributed by atoms with Gasteiger partial charge in [0.05, 0.1) is 11.5 Å². The van der Waals surface area contributed by atoms with Crippen molar-refractivity contribution in [2.45, 2.75) is 76.0 Å². The van der Waals surface area contributed by atoms with Gasteiger partial charge in [-0.1, -0.05) is 89.5 Å². The molecule has 0 N–H and O–H groups in total. The van der Waals surface area contributed by atoms with Gasteiger partial charge in [-0.05, 0) is 24.1 Å². The van der Waals surface area contributed by atoms with E-state index in [0.29, 0.717) is 0 Å². The van der Waals surface area contributed by atoms with Crippen LogP contribution in [0.4, 0.5) is 0 Å². The van der Waals surface area contributed by atoms with E-state index >= 15 is 0 Å². The van der Waals surface area contributed by atoms with Crippen LogP contribution < -0.4 is 0 Å². The Labute approximate surface area is 148 Å². The fourth-order valence-electron chi connectivity index (χ4n) is 2.60. The Morgan fingerprint density at radius 1 is 0.875 bits per heavy atom. The molecule has 1 aromatic carbocycles. The Morgan fingerprint density at radius 3 is 1.88 bits per heavy atom. The minimum atomic E-state index is -3.63. The Bertz CT molecular complexity index is 547. The lowest BCUT2D eigenvalue weighted by Crippen LogP contribution is -2.07. The van der Waals surface area contributed by atoms with E-state index in [1.807, 2.05) is 0 Å². The number of unbranched alkanes of at least 4 members (excludes halogenated alkanes) is 9. The lowest BCUT2D eigenvalue weighted by Gasteiger charge is -2.06. The fraction of sp³-hybridized carbons (Fsp3) is 0.600. The minimum Gasteiger partial charge on any atom is -0.266 e. The summed E-state index contributed by atoms with van der Waals surface area (Å²) in [4.78, 5) is 0.208. The average Bonchev–Trinajstić information content (AvgIpc) is 2.59. The van der Waals surface area contributed by atoms with Gasteiger partial charge in [0.25, 0.3) is 10.1 Å². The molecule has 0 fully saturated rings. The molecule has 1 aromatic rings. The molecule has 3 nitrogen and oxygen atoms in total. The normalized spacial score (nSPS) is 11.5. The summed E-state index contributed by atoms with van der Waals surface area (Å²) in [6.07, 6.45) is 13.9. The van der Waals surface area contributed by atoms with Gasteiger partial charge in [-0.25, -0.2) is 0 Å². The van der Waals surface area contributed by atoms with Gasteiger partial charge in [0, 0.05) is 0 Å². The molecule has 0 saturated heterocycles. The third-order valence-electron chi connectivity index (χ3n) is 4.14. The van der Waals surface area contributed by atoms with Gasteiger partial charge in [0.2, 0.25) is 0 Å². The zero-order valence-corrected chi connectivity index (χ0v) is 15.8. The molecular formula is C20H32O3S. The predicted molar refractivity (Wildman–Crippen MR) is 102 cm³/mol. The van der Waals surface area contributed by atoms with E-state index in [1.165, 1.54) is 44.9 Å². The van der Waals surface area contributed by atoms with Gasteiger partial charge in [-0.2, -0.15) is 8.42 Å². The molecule has 0 bridgehead atoms. The van der Waals surface area contributed by atoms with Gasteiger partial charge in [-0.15, -0.1) is 0 Å². The lowest BCUT2D eigenvalue weighted by atomic mass is 10.1. The first-order valence-electron chi connectivity index (χ1n) is 9.22. The highest BCUT2D eigenvalue weighted by molar-refractivity contribution is 7.86. The fourth-order valence-corrected chi connectivity index (χ4v) is 3.54. The maximum Gasteiger partial charge on any atom is 0.296 e. The molecule has 0 atom stereocenters. The zero-order valence-electron chi connectivity index (χ0n) is 15.0. The third-order valence-corrected chi connectivity index (χ3v) is 5.47. The molecule has 0 aliphatic carbocycles. The van der Waals surface area contributed by atoms with Crippen molar-refractivity contribution in [3.63, 3.8) is 0 Å². The van der Waals surface area contributed by atoms with Crippen LogP contribution in [0.1, 0.15) is 76.7 Å². The average molecular weight is 353 g/mol. The molecule has 0 aromatic heterocycles. The Morgan fingerprint density at radius 2 is 1.38 bits per heavy atom. The van der Waals surface area contributed by atoms with Crippen LogP contribution in [0.2, 0.25) is 0 Å². The number of rotatable bonds is 14. The van der Waals surface area contributed by atoms with E-state index in [2.05, 4.69) is 13.5 Å². The summed E-state index contributed by atoms with van der Waals surface area (Å²) in [6, 6.07) is 6.57. The second-order valence-electron chi connectivity index (χ2n) is 6.23. The van der Waals surface area contributed by atoms with Crippen molar-refractivity contribution >= 4 is 16.2 Å². The Kier molecular flexibility index (Phi) is 10.7. The molecule has 0 saturated carbocycles. The summed E-state index contributed by atoms with van der Waals surface area (Å²) in [7, 11) is -3.63. The molecule has 1 rings (SSSR count). The molecule has 0 amide bonds. The number of hydrogen-bond donors (Lipinski definition) is 0. The third kappa shape index (κ3) is 8.65. The first kappa shape index (κ1) is 20.9. The van der Waals surface area contributed by atoms with Crippen LogP contribution in [0.15, 0.2) is 35.7 Å². The van der Waals surface area contributed by atoms with Crippen molar-refractivity contribution in [1.29, 1.82) is 0 Å². The highest BCUT2D eigenvalue weighted by atomic mass is 32.2. The molecule has 0 radical (unpaired) electrons. The van der Waals surface area contributed by atoms with Gasteiger partial charge >= 0.3 is 0 Å². The topological polar surface area (TPSA) is 43.4 Å². The number of hydrogen-bond acceptors (Lipinski definition) is 3. The molecular weight excluding hydrogens is 320 g/mol. The second kappa shape index (κ2) is 12.3. The van der Waals surface area contributed by atoms with E-state index < -0.39 is 10.1 Å². The van der Waals surface area contributed by atoms with Gasteiger partial charge in [0.15, 0.2) is 0 Å². The monoisotopic (exact) mass is 352 g/mol. The molecule has 24 heavy (non-hydrogen) atoms. The summed E-state index contributed by atoms with van der Waals surface area (Å²) in [5.74, 6) is 0. The molecule has 0 spiro atoms. The van der Waals surface area contributed by atoms with E-state index in [0.717, 1.165) is 24.8 Å². The van der Waals surface area contributed by atoms with Crippen LogP contribution >= 0.6 is 0 Å². The maximum atomic E-state index is 12.0. The summed E-state index contributed by atoms with van der Waals surface area (Å²) >= 11 is 0. The largest absolute Gasteiger partial charge is 0.296 e. The SMILES string of the molecule is C=Cc1ccc(S(=O)(=O)OCCCCCCCCCCCC)cc1. The van der Waals surface area contributed by atoms with Gasteiger partial charge in [-0.3, -0.25) is 4.18 Å². The number of benzene rings is 1. The van der Waals surface area contributed by atoms with Gasteiger partial charge in [0.1, 0.15) is 0 Å². The second-order valence-corrected chi connectivity index (χ2v) is 7.85. The van der Waals surface area contributed by atoms with Crippen molar-refractivity contribution in [3.05, 3.63) is 36.4 Å². The van der Waals surface area contributed by atoms with Crippen molar-refractivity contribution in [1.82, 2.24) is 0 Å². The van der Waals surface area contributed by atoms with E-state index in [-0.39, 0.29) is 11.5 Å². The van der Waals surface area contributed by atoms with Crippen LogP contribution in [0.3, 0.4) is 0 Å². The standard InChI is InChI=1S/C20H32O3S/c1-3-5-6-7-8-9-10-11-12-13-18-23-24(21,22)20-16-14-19(4-2)15-17-20/h4,14-17H,2-3,5-13,18H2,1H3. The summed E-state index contributed by atoms with van der Waals surface area (Å²) in [5, 5.41) is 0. The van der Waals surface area contributed by atoms with Crippen LogP contribution in [-0.4, -0.2) is 15.0 Å². The first-order valence-corrected chi connectivity index (χ1v) is 10.6. The molecule has 0 unspecified atom stereocenters. The maximum absolute atomic E-state index is 12.0. The highest BCUT2D eigenvalue weighted by Crippen LogP contribution is 2.15. The summed E-state index contributed by atoms with van der Waals surface area (Å²) < 4.78 is 29.2. The predicted octanol–water partition coefficient (Wildman–Crippen LogP) is 5.96. The molecule has 0 heterocycles. The Balaban J connectivity index is 2.10. The van der Waals surface area contributed by atoms with Crippen LogP contribution in [0, 0.1) is 0 Å². The zero-order chi connectivity index (χ0) is 17.7. The smallest absolute Gasteiger partial charge is 0.266 e. The quantitative estimate of drug-likeness (QED) is 0.307. The summed E-state index contributed by atoms with van der Waals surface area (Å²) in [5.41, 5.74) is 0.892. The molecule has 0 aliphatic heterocycles. The van der Waals surface area contributed by atoms with Crippen LogP contribution in [0.5, 0.6) is 0 Å². The van der Waals surface area contributed by atoms with Crippen molar-refractivity contribution in [2.75, 3.05) is 6.61 Å². The van der Waals surface area contributed by atoms with E-state index in [1.54, 1.807) is 30.3 Å². The van der Waals surface area contributed by atoms with Crippen molar-refractivity contribution < 1.29 is 12.6 Å².